The number of benzene rings is 2. The molecule has 2 aromatic carbocycles. The van der Waals surface area contributed by atoms with Gasteiger partial charge in [0.1, 0.15) is 5.82 Å². The van der Waals surface area contributed by atoms with Gasteiger partial charge in [0.25, 0.3) is 5.91 Å². The largest absolute Gasteiger partial charge is 0.368 e. The van der Waals surface area contributed by atoms with Gasteiger partial charge in [-0.2, -0.15) is 0 Å². The van der Waals surface area contributed by atoms with Gasteiger partial charge in [-0.3, -0.25) is 4.79 Å². The lowest BCUT2D eigenvalue weighted by atomic mass is 10.2. The quantitative estimate of drug-likeness (QED) is 0.753. The van der Waals surface area contributed by atoms with Crippen LogP contribution in [0.5, 0.6) is 0 Å². The summed E-state index contributed by atoms with van der Waals surface area (Å²) in [5.41, 5.74) is 4.29. The van der Waals surface area contributed by atoms with E-state index in [9.17, 15) is 4.79 Å². The minimum Gasteiger partial charge on any atom is -0.368 e. The first-order chi connectivity index (χ1) is 13.7. The van der Waals surface area contributed by atoms with Crippen LogP contribution >= 0.6 is 0 Å². The molecule has 1 aromatic heterocycles. The normalized spacial score (nSPS) is 14.0. The predicted molar refractivity (Wildman–Crippen MR) is 114 cm³/mol. The fourth-order valence-corrected chi connectivity index (χ4v) is 3.47. The standard InChI is InChI=1S/C23H24N4O/c1-18-6-5-9-20(16-18)26-12-14-27(15-13-26)21-10-11-22(24-17-21)25-23(28)19-7-3-2-4-8-19/h2-11,16-17H,12-15H2,1H3,(H,24,25,28). The molecule has 1 aliphatic rings. The van der Waals surface area contributed by atoms with E-state index in [4.69, 9.17) is 0 Å². The van der Waals surface area contributed by atoms with Crippen LogP contribution < -0.4 is 15.1 Å². The second-order valence-corrected chi connectivity index (χ2v) is 7.03. The Kier molecular flexibility index (Phi) is 5.24. The Morgan fingerprint density at radius 1 is 0.857 bits per heavy atom. The van der Waals surface area contributed by atoms with Gasteiger partial charge in [-0.25, -0.2) is 4.98 Å². The summed E-state index contributed by atoms with van der Waals surface area (Å²) < 4.78 is 0. The van der Waals surface area contributed by atoms with E-state index < -0.39 is 0 Å². The maximum absolute atomic E-state index is 12.2. The number of hydrogen-bond donors (Lipinski definition) is 1. The molecule has 1 N–H and O–H groups in total. The smallest absolute Gasteiger partial charge is 0.256 e. The Labute approximate surface area is 165 Å². The van der Waals surface area contributed by atoms with Crippen molar-refractivity contribution in [2.24, 2.45) is 0 Å². The maximum atomic E-state index is 12.2. The van der Waals surface area contributed by atoms with Gasteiger partial charge in [-0.15, -0.1) is 0 Å². The average molecular weight is 372 g/mol. The number of anilines is 3. The molecule has 142 valence electrons. The van der Waals surface area contributed by atoms with E-state index in [1.165, 1.54) is 11.3 Å². The van der Waals surface area contributed by atoms with Crippen LogP contribution in [0.2, 0.25) is 0 Å². The van der Waals surface area contributed by atoms with Crippen molar-refractivity contribution < 1.29 is 4.79 Å². The maximum Gasteiger partial charge on any atom is 0.256 e. The number of hydrogen-bond acceptors (Lipinski definition) is 4. The number of rotatable bonds is 4. The molecule has 1 amide bonds. The minimum atomic E-state index is -0.146. The lowest BCUT2D eigenvalue weighted by Gasteiger charge is -2.37. The highest BCUT2D eigenvalue weighted by atomic mass is 16.1. The highest BCUT2D eigenvalue weighted by Gasteiger charge is 2.18. The van der Waals surface area contributed by atoms with Crippen molar-refractivity contribution in [3.8, 4) is 0 Å². The molecule has 0 bridgehead atoms. The van der Waals surface area contributed by atoms with Crippen molar-refractivity contribution >= 4 is 23.1 Å². The highest BCUT2D eigenvalue weighted by Crippen LogP contribution is 2.21. The summed E-state index contributed by atoms with van der Waals surface area (Å²) >= 11 is 0. The SMILES string of the molecule is Cc1cccc(N2CCN(c3ccc(NC(=O)c4ccccc4)nc3)CC2)c1. The average Bonchev–Trinajstić information content (AvgIpc) is 2.75. The van der Waals surface area contributed by atoms with Crippen LogP contribution in [0.15, 0.2) is 72.9 Å². The van der Waals surface area contributed by atoms with E-state index in [2.05, 4.69) is 51.3 Å². The van der Waals surface area contributed by atoms with Crippen molar-refractivity contribution in [2.45, 2.75) is 6.92 Å². The molecule has 3 aromatic rings. The van der Waals surface area contributed by atoms with Crippen LogP contribution in [0.3, 0.4) is 0 Å². The van der Waals surface area contributed by atoms with Crippen molar-refractivity contribution in [3.63, 3.8) is 0 Å². The molecular weight excluding hydrogens is 348 g/mol. The molecule has 1 fully saturated rings. The van der Waals surface area contributed by atoms with Crippen molar-refractivity contribution in [1.82, 2.24) is 4.98 Å². The van der Waals surface area contributed by atoms with E-state index in [-0.39, 0.29) is 5.91 Å². The Morgan fingerprint density at radius 2 is 1.57 bits per heavy atom. The van der Waals surface area contributed by atoms with E-state index in [0.717, 1.165) is 31.9 Å². The molecule has 1 aliphatic heterocycles. The molecule has 0 spiro atoms. The van der Waals surface area contributed by atoms with Gasteiger partial charge in [0.05, 0.1) is 11.9 Å². The Bertz CT molecular complexity index is 932. The molecule has 5 nitrogen and oxygen atoms in total. The first kappa shape index (κ1) is 18.0. The molecule has 0 aliphatic carbocycles. The molecule has 5 heteroatoms. The number of carbonyl (C=O) groups excluding carboxylic acids is 1. The van der Waals surface area contributed by atoms with Gasteiger partial charge in [0.15, 0.2) is 0 Å². The van der Waals surface area contributed by atoms with E-state index in [0.29, 0.717) is 11.4 Å². The lowest BCUT2D eigenvalue weighted by molar-refractivity contribution is 0.102. The summed E-state index contributed by atoms with van der Waals surface area (Å²) in [5.74, 6) is 0.420. The van der Waals surface area contributed by atoms with Crippen LogP contribution in [0.1, 0.15) is 15.9 Å². The zero-order valence-electron chi connectivity index (χ0n) is 16.0. The molecule has 2 heterocycles. The fourth-order valence-electron chi connectivity index (χ4n) is 3.47. The van der Waals surface area contributed by atoms with Gasteiger partial charge < -0.3 is 15.1 Å². The van der Waals surface area contributed by atoms with Crippen LogP contribution in [-0.2, 0) is 0 Å². The number of aromatic nitrogens is 1. The number of amides is 1. The van der Waals surface area contributed by atoms with Crippen molar-refractivity contribution in [3.05, 3.63) is 84.1 Å². The topological polar surface area (TPSA) is 48.5 Å². The third kappa shape index (κ3) is 4.14. The zero-order chi connectivity index (χ0) is 19.3. The van der Waals surface area contributed by atoms with Gasteiger partial charge >= 0.3 is 0 Å². The van der Waals surface area contributed by atoms with Crippen LogP contribution in [-0.4, -0.2) is 37.1 Å². The van der Waals surface area contributed by atoms with Gasteiger partial charge in [0, 0.05) is 37.4 Å². The van der Waals surface area contributed by atoms with E-state index in [1.807, 2.05) is 36.5 Å². The van der Waals surface area contributed by atoms with Crippen LogP contribution in [0, 0.1) is 6.92 Å². The summed E-state index contributed by atoms with van der Waals surface area (Å²) in [7, 11) is 0. The number of nitrogens with one attached hydrogen (secondary N) is 1. The zero-order valence-corrected chi connectivity index (χ0v) is 16.0. The molecule has 0 unspecified atom stereocenters. The summed E-state index contributed by atoms with van der Waals surface area (Å²) in [5, 5.41) is 2.85. The van der Waals surface area contributed by atoms with Crippen LogP contribution in [0.4, 0.5) is 17.2 Å². The molecule has 4 rings (SSSR count). The first-order valence-corrected chi connectivity index (χ1v) is 9.58. The molecule has 0 saturated carbocycles. The van der Waals surface area contributed by atoms with Crippen molar-refractivity contribution in [2.75, 3.05) is 41.3 Å². The summed E-state index contributed by atoms with van der Waals surface area (Å²) in [6.45, 7) is 5.99. The minimum absolute atomic E-state index is 0.146. The monoisotopic (exact) mass is 372 g/mol. The van der Waals surface area contributed by atoms with Gasteiger partial charge in [0.2, 0.25) is 0 Å². The molecule has 1 saturated heterocycles. The van der Waals surface area contributed by atoms with E-state index in [1.54, 1.807) is 12.1 Å². The number of carbonyl (C=O) groups is 1. The predicted octanol–water partition coefficient (Wildman–Crippen LogP) is 3.97. The third-order valence-electron chi connectivity index (χ3n) is 5.04. The molecule has 0 radical (unpaired) electrons. The lowest BCUT2D eigenvalue weighted by Crippen LogP contribution is -2.46. The second kappa shape index (κ2) is 8.13. The molecule has 28 heavy (non-hydrogen) atoms. The van der Waals surface area contributed by atoms with Gasteiger partial charge in [-0.1, -0.05) is 30.3 Å². The number of piperazine rings is 1. The number of nitrogens with zero attached hydrogens (tertiary/aromatic N) is 3. The summed E-state index contributed by atoms with van der Waals surface area (Å²) in [6, 6.07) is 21.7. The number of pyridine rings is 1. The van der Waals surface area contributed by atoms with Crippen molar-refractivity contribution in [1.29, 1.82) is 0 Å². The Hall–Kier alpha value is -3.34. The fraction of sp³-hybridized carbons (Fsp3) is 0.217. The Morgan fingerprint density at radius 3 is 2.21 bits per heavy atom. The first-order valence-electron chi connectivity index (χ1n) is 9.58. The second-order valence-electron chi connectivity index (χ2n) is 7.03. The van der Waals surface area contributed by atoms with Crippen LogP contribution in [0.25, 0.3) is 0 Å². The number of aryl methyl sites for hydroxylation is 1. The van der Waals surface area contributed by atoms with E-state index >= 15 is 0 Å². The summed E-state index contributed by atoms with van der Waals surface area (Å²) in [4.78, 5) is 21.4. The third-order valence-corrected chi connectivity index (χ3v) is 5.04. The van der Waals surface area contributed by atoms with Gasteiger partial charge in [-0.05, 0) is 48.9 Å². The molecular formula is C23H24N4O. The highest BCUT2D eigenvalue weighted by molar-refractivity contribution is 6.03. The Balaban J connectivity index is 1.35. The molecule has 0 atom stereocenters. The summed E-state index contributed by atoms with van der Waals surface area (Å²) in [6.07, 6.45) is 1.84.